The fourth-order valence-electron chi connectivity index (χ4n) is 3.00. The average Bonchev–Trinajstić information content (AvgIpc) is 3.08. The first kappa shape index (κ1) is 23.8. The topological polar surface area (TPSA) is 110 Å². The number of carbonyl (C=O) groups excluding carboxylic acids is 2. The van der Waals surface area contributed by atoms with Gasteiger partial charge >= 0.3 is 6.09 Å². The van der Waals surface area contributed by atoms with Gasteiger partial charge in [-0.1, -0.05) is 0 Å². The van der Waals surface area contributed by atoms with Crippen LogP contribution in [-0.2, 0) is 4.74 Å². The highest BCUT2D eigenvalue weighted by atomic mass is 127. The van der Waals surface area contributed by atoms with Gasteiger partial charge in [-0.2, -0.15) is 0 Å². The Labute approximate surface area is 200 Å². The number of aryl methyl sites for hydroxylation is 1. The summed E-state index contributed by atoms with van der Waals surface area (Å²) in [5.41, 5.74) is 2.45. The second-order valence-corrected chi connectivity index (χ2v) is 9.35. The lowest BCUT2D eigenvalue weighted by molar-refractivity contribution is 0.0527. The van der Waals surface area contributed by atoms with E-state index in [1.807, 2.05) is 50.4 Å². The smallest absolute Gasteiger partial charge is 0.407 e. The molecule has 170 valence electrons. The molecule has 3 N–H and O–H groups in total. The number of alkyl carbamates (subject to hydrolysis) is 1. The van der Waals surface area contributed by atoms with Crippen LogP contribution < -0.4 is 16.0 Å². The fraction of sp³-hybridized carbons (Fsp3) is 0.364. The van der Waals surface area contributed by atoms with Gasteiger partial charge in [-0.05, 0) is 80.5 Å². The number of fused-ring (bicyclic) bond motifs is 1. The van der Waals surface area contributed by atoms with Crippen LogP contribution in [-0.4, -0.2) is 45.1 Å². The second-order valence-electron chi connectivity index (χ2n) is 8.24. The Morgan fingerprint density at radius 3 is 2.62 bits per heavy atom. The Morgan fingerprint density at radius 2 is 1.91 bits per heavy atom. The number of halogens is 1. The monoisotopic (exact) mass is 550 g/mol. The molecule has 2 heterocycles. The molecule has 10 heteroatoms. The van der Waals surface area contributed by atoms with E-state index in [1.165, 1.54) is 0 Å². The van der Waals surface area contributed by atoms with Crippen molar-refractivity contribution >= 4 is 51.7 Å². The number of nitrogens with zero attached hydrogens (tertiary/aromatic N) is 3. The number of amides is 2. The first-order valence-electron chi connectivity index (χ1n) is 10.2. The van der Waals surface area contributed by atoms with Crippen LogP contribution in [0, 0.1) is 10.6 Å². The van der Waals surface area contributed by atoms with Crippen molar-refractivity contribution in [1.82, 2.24) is 25.0 Å². The van der Waals surface area contributed by atoms with Gasteiger partial charge in [0.1, 0.15) is 9.30 Å². The van der Waals surface area contributed by atoms with Crippen molar-refractivity contribution in [2.24, 2.45) is 0 Å². The minimum absolute atomic E-state index is 0.158. The van der Waals surface area contributed by atoms with Crippen molar-refractivity contribution < 1.29 is 14.3 Å². The summed E-state index contributed by atoms with van der Waals surface area (Å²) in [5.74, 6) is 0.485. The molecular formula is C22H27IN6O3. The highest BCUT2D eigenvalue weighted by Gasteiger charge is 2.15. The van der Waals surface area contributed by atoms with Crippen molar-refractivity contribution in [3.8, 4) is 0 Å². The quantitative estimate of drug-likeness (QED) is 0.303. The number of benzene rings is 1. The first-order valence-corrected chi connectivity index (χ1v) is 11.3. The van der Waals surface area contributed by atoms with Crippen LogP contribution in [0.5, 0.6) is 0 Å². The summed E-state index contributed by atoms with van der Waals surface area (Å²) in [7, 11) is 0. The minimum atomic E-state index is -0.531. The zero-order valence-corrected chi connectivity index (χ0v) is 20.7. The Bertz CT molecular complexity index is 1120. The van der Waals surface area contributed by atoms with E-state index in [-0.39, 0.29) is 5.91 Å². The molecular weight excluding hydrogens is 523 g/mol. The van der Waals surface area contributed by atoms with Gasteiger partial charge in [0.15, 0.2) is 11.5 Å². The lowest BCUT2D eigenvalue weighted by atomic mass is 10.1. The van der Waals surface area contributed by atoms with E-state index in [9.17, 15) is 9.59 Å². The fourth-order valence-corrected chi connectivity index (χ4v) is 3.53. The van der Waals surface area contributed by atoms with Gasteiger partial charge in [0.2, 0.25) is 0 Å². The van der Waals surface area contributed by atoms with E-state index in [4.69, 9.17) is 4.74 Å². The molecule has 0 spiro atoms. The molecule has 3 aromatic rings. The van der Waals surface area contributed by atoms with Crippen LogP contribution >= 0.6 is 22.6 Å². The van der Waals surface area contributed by atoms with Crippen LogP contribution in [0.4, 0.5) is 16.3 Å². The van der Waals surface area contributed by atoms with Gasteiger partial charge < -0.3 is 20.7 Å². The Hall–Kier alpha value is -2.89. The molecule has 0 saturated carbocycles. The van der Waals surface area contributed by atoms with Crippen molar-refractivity contribution in [3.63, 3.8) is 0 Å². The zero-order chi connectivity index (χ0) is 23.3. The number of hydrogen-bond donors (Lipinski definition) is 3. The van der Waals surface area contributed by atoms with Crippen molar-refractivity contribution in [1.29, 1.82) is 0 Å². The van der Waals surface area contributed by atoms with Gasteiger partial charge in [-0.15, -0.1) is 0 Å². The van der Waals surface area contributed by atoms with Gasteiger partial charge in [-0.3, -0.25) is 9.20 Å². The van der Waals surface area contributed by atoms with Crippen LogP contribution in [0.3, 0.4) is 0 Å². The predicted octanol–water partition coefficient (Wildman–Crippen LogP) is 4.03. The van der Waals surface area contributed by atoms with Crippen molar-refractivity contribution in [2.45, 2.75) is 39.7 Å². The number of ether oxygens (including phenoxy) is 1. The molecule has 0 atom stereocenters. The molecule has 2 amide bonds. The number of imidazole rings is 1. The predicted molar refractivity (Wildman–Crippen MR) is 131 cm³/mol. The number of aromatic nitrogens is 3. The van der Waals surface area contributed by atoms with Crippen LogP contribution in [0.2, 0.25) is 0 Å². The third kappa shape index (κ3) is 6.31. The highest BCUT2D eigenvalue weighted by molar-refractivity contribution is 14.1. The second kappa shape index (κ2) is 10.2. The van der Waals surface area contributed by atoms with Gasteiger partial charge in [0, 0.05) is 36.7 Å². The largest absolute Gasteiger partial charge is 0.444 e. The van der Waals surface area contributed by atoms with Crippen molar-refractivity contribution in [2.75, 3.05) is 18.4 Å². The number of nitrogens with one attached hydrogen (secondary N) is 3. The standard InChI is InChI=1S/C22H27IN6O3/c1-14-12-15(28-18-19-27-13-17(23)29(19)11-10-24-18)6-7-16(14)20(30)25-8-5-9-26-21(31)32-22(2,3)4/h6-7,10-13H,5,8-9H2,1-4H3,(H,24,28)(H,25,30)(H,26,31). The van der Waals surface area contributed by atoms with E-state index in [2.05, 4.69) is 48.5 Å². The summed E-state index contributed by atoms with van der Waals surface area (Å²) in [5, 5.41) is 8.83. The summed E-state index contributed by atoms with van der Waals surface area (Å²) in [6.07, 6.45) is 5.49. The van der Waals surface area contributed by atoms with E-state index < -0.39 is 11.7 Å². The summed E-state index contributed by atoms with van der Waals surface area (Å²) in [4.78, 5) is 32.9. The molecule has 0 radical (unpaired) electrons. The van der Waals surface area contributed by atoms with Crippen molar-refractivity contribution in [3.05, 3.63) is 51.6 Å². The maximum Gasteiger partial charge on any atom is 0.407 e. The molecule has 32 heavy (non-hydrogen) atoms. The summed E-state index contributed by atoms with van der Waals surface area (Å²) < 4.78 is 8.12. The van der Waals surface area contributed by atoms with E-state index >= 15 is 0 Å². The SMILES string of the molecule is Cc1cc(Nc2nccn3c(I)cnc23)ccc1C(=O)NCCCNC(=O)OC(C)(C)C. The molecule has 0 fully saturated rings. The first-order chi connectivity index (χ1) is 15.1. The number of hydrogen-bond acceptors (Lipinski definition) is 6. The van der Waals surface area contributed by atoms with E-state index in [0.29, 0.717) is 30.9 Å². The third-order valence-electron chi connectivity index (χ3n) is 4.42. The lowest BCUT2D eigenvalue weighted by Gasteiger charge is -2.19. The summed E-state index contributed by atoms with van der Waals surface area (Å²) in [6, 6.07) is 5.52. The molecule has 1 aromatic carbocycles. The van der Waals surface area contributed by atoms with Gasteiger partial charge in [0.25, 0.3) is 5.91 Å². The molecule has 3 rings (SSSR count). The molecule has 9 nitrogen and oxygen atoms in total. The maximum absolute atomic E-state index is 12.5. The highest BCUT2D eigenvalue weighted by Crippen LogP contribution is 2.22. The third-order valence-corrected chi connectivity index (χ3v) is 5.22. The number of rotatable bonds is 7. The van der Waals surface area contributed by atoms with Gasteiger partial charge in [0.05, 0.1) is 6.20 Å². The van der Waals surface area contributed by atoms with Gasteiger partial charge in [-0.25, -0.2) is 14.8 Å². The molecule has 0 aliphatic heterocycles. The minimum Gasteiger partial charge on any atom is -0.444 e. The summed E-state index contributed by atoms with van der Waals surface area (Å²) >= 11 is 2.22. The molecule has 0 saturated heterocycles. The molecule has 0 aliphatic rings. The van der Waals surface area contributed by atoms with E-state index in [1.54, 1.807) is 18.5 Å². The molecule has 0 aliphatic carbocycles. The number of carbonyl (C=O) groups is 2. The Balaban J connectivity index is 1.52. The Kier molecular flexibility index (Phi) is 7.54. The van der Waals surface area contributed by atoms with E-state index in [0.717, 1.165) is 20.6 Å². The Morgan fingerprint density at radius 1 is 1.16 bits per heavy atom. The van der Waals surface area contributed by atoms with Crippen LogP contribution in [0.25, 0.3) is 5.65 Å². The average molecular weight is 550 g/mol. The van der Waals surface area contributed by atoms with Crippen LogP contribution in [0.1, 0.15) is 43.1 Å². The molecule has 2 aromatic heterocycles. The molecule has 0 bridgehead atoms. The lowest BCUT2D eigenvalue weighted by Crippen LogP contribution is -2.34. The zero-order valence-electron chi connectivity index (χ0n) is 18.5. The van der Waals surface area contributed by atoms with Crippen LogP contribution in [0.15, 0.2) is 36.8 Å². The maximum atomic E-state index is 12.5. The molecule has 0 unspecified atom stereocenters. The normalized spacial score (nSPS) is 11.3. The number of anilines is 2. The summed E-state index contributed by atoms with van der Waals surface area (Å²) in [6.45, 7) is 8.18.